The van der Waals surface area contributed by atoms with Crippen molar-refractivity contribution < 1.29 is 13.5 Å². The summed E-state index contributed by atoms with van der Waals surface area (Å²) in [7, 11) is -3.37. The van der Waals surface area contributed by atoms with Gasteiger partial charge in [-0.1, -0.05) is 0 Å². The number of sulfonamides is 1. The lowest BCUT2D eigenvalue weighted by atomic mass is 10.3. The van der Waals surface area contributed by atoms with E-state index in [9.17, 15) is 8.42 Å². The molecule has 4 N–H and O–H groups in total. The van der Waals surface area contributed by atoms with Crippen LogP contribution in [0.15, 0.2) is 0 Å². The van der Waals surface area contributed by atoms with E-state index < -0.39 is 10.0 Å². The number of nitrogens with one attached hydrogen (secondary N) is 1. The summed E-state index contributed by atoms with van der Waals surface area (Å²) in [5.74, 6) is -0.0747. The minimum atomic E-state index is -3.37. The molecule has 1 rings (SSSR count). The van der Waals surface area contributed by atoms with Gasteiger partial charge in [-0.25, -0.2) is 13.6 Å². The van der Waals surface area contributed by atoms with Gasteiger partial charge in [-0.3, -0.25) is 0 Å². The van der Waals surface area contributed by atoms with Crippen LogP contribution in [-0.2, 0) is 10.0 Å². The Morgan fingerprint density at radius 2 is 2.08 bits per heavy atom. The van der Waals surface area contributed by atoms with Gasteiger partial charge in [-0.15, -0.1) is 0 Å². The van der Waals surface area contributed by atoms with Crippen molar-refractivity contribution in [3.05, 3.63) is 0 Å². The highest BCUT2D eigenvalue weighted by Crippen LogP contribution is 2.34. The van der Waals surface area contributed by atoms with Crippen molar-refractivity contribution in [3.63, 3.8) is 0 Å². The van der Waals surface area contributed by atoms with Crippen LogP contribution >= 0.6 is 0 Å². The number of nitrogens with two attached hydrogens (primary N) is 1. The first-order chi connectivity index (χ1) is 5.47. The monoisotopic (exact) mass is 194 g/mol. The van der Waals surface area contributed by atoms with Crippen LogP contribution in [0.1, 0.15) is 12.8 Å². The number of hydrogen-bond donors (Lipinski definition) is 3. The molecule has 5 nitrogen and oxygen atoms in total. The lowest BCUT2D eigenvalue weighted by Gasteiger charge is -2.12. The van der Waals surface area contributed by atoms with E-state index in [1.807, 2.05) is 0 Å². The molecular formula is C6H14N2O3S. The molecule has 0 atom stereocenters. The van der Waals surface area contributed by atoms with Crippen molar-refractivity contribution in [2.45, 2.75) is 18.4 Å². The Kier molecular flexibility index (Phi) is 2.72. The lowest BCUT2D eigenvalue weighted by Crippen LogP contribution is -2.38. The van der Waals surface area contributed by atoms with Crippen LogP contribution in [0.2, 0.25) is 0 Å². The normalized spacial score (nSPS) is 20.8. The molecule has 12 heavy (non-hydrogen) atoms. The molecule has 72 valence electrons. The summed E-state index contributed by atoms with van der Waals surface area (Å²) < 4.78 is 21.0. The predicted octanol–water partition coefficient (Wildman–Crippen LogP) is -1.61. The van der Waals surface area contributed by atoms with Gasteiger partial charge in [0.1, 0.15) is 0 Å². The summed E-state index contributed by atoms with van der Waals surface area (Å²) in [6, 6.07) is 0. The molecule has 0 aromatic rings. The topological polar surface area (TPSA) is 92.4 Å². The van der Waals surface area contributed by atoms with Crippen molar-refractivity contribution in [1.82, 2.24) is 5.32 Å². The van der Waals surface area contributed by atoms with Crippen LogP contribution < -0.4 is 10.5 Å². The zero-order valence-corrected chi connectivity index (χ0v) is 7.60. The average Bonchev–Trinajstić information content (AvgIpc) is 2.67. The molecule has 1 saturated carbocycles. The first kappa shape index (κ1) is 9.91. The van der Waals surface area contributed by atoms with Gasteiger partial charge in [0.25, 0.3) is 0 Å². The summed E-state index contributed by atoms with van der Waals surface area (Å²) in [5, 5.41) is 16.6. The molecule has 1 aliphatic rings. The maximum Gasteiger partial charge on any atom is 0.210 e. The van der Waals surface area contributed by atoms with E-state index in [0.29, 0.717) is 6.54 Å². The van der Waals surface area contributed by atoms with Gasteiger partial charge in [0, 0.05) is 12.1 Å². The van der Waals surface area contributed by atoms with Crippen molar-refractivity contribution in [1.29, 1.82) is 0 Å². The Hall–Kier alpha value is -0.170. The number of rotatable bonds is 5. The summed E-state index contributed by atoms with van der Waals surface area (Å²) in [6.07, 6.45) is 1.82. The SMILES string of the molecule is NS(=O)(=O)CCNC1(CO)CC1. The summed E-state index contributed by atoms with van der Waals surface area (Å²) in [4.78, 5) is 0. The van der Waals surface area contributed by atoms with Crippen molar-refractivity contribution in [2.75, 3.05) is 18.9 Å². The molecule has 0 amide bonds. The minimum absolute atomic E-state index is 0.0671. The molecule has 0 radical (unpaired) electrons. The highest BCUT2D eigenvalue weighted by atomic mass is 32.2. The first-order valence-corrected chi connectivity index (χ1v) is 5.55. The fourth-order valence-corrected chi connectivity index (χ4v) is 1.39. The van der Waals surface area contributed by atoms with Crippen LogP contribution in [0.25, 0.3) is 0 Å². The largest absolute Gasteiger partial charge is 0.394 e. The molecule has 0 aromatic carbocycles. The molecule has 0 saturated heterocycles. The third-order valence-corrected chi connectivity index (χ3v) is 2.82. The molecule has 1 fully saturated rings. The van der Waals surface area contributed by atoms with E-state index in [2.05, 4.69) is 5.32 Å². The number of hydrogen-bond acceptors (Lipinski definition) is 4. The highest BCUT2D eigenvalue weighted by Gasteiger charge is 2.41. The fourth-order valence-electron chi connectivity index (χ4n) is 1.00. The molecule has 6 heteroatoms. The van der Waals surface area contributed by atoms with E-state index >= 15 is 0 Å². The van der Waals surface area contributed by atoms with E-state index in [-0.39, 0.29) is 17.9 Å². The molecule has 0 aliphatic heterocycles. The standard InChI is InChI=1S/C6H14N2O3S/c7-12(10,11)4-3-8-6(5-9)1-2-6/h8-9H,1-5H2,(H2,7,10,11). The van der Waals surface area contributed by atoms with Gasteiger partial charge in [0.2, 0.25) is 10.0 Å². The Morgan fingerprint density at radius 1 is 1.50 bits per heavy atom. The van der Waals surface area contributed by atoms with Gasteiger partial charge < -0.3 is 10.4 Å². The van der Waals surface area contributed by atoms with Crippen LogP contribution in [0.3, 0.4) is 0 Å². The molecule has 0 aromatic heterocycles. The van der Waals surface area contributed by atoms with Gasteiger partial charge >= 0.3 is 0 Å². The van der Waals surface area contributed by atoms with Gasteiger partial charge in [0.15, 0.2) is 0 Å². The van der Waals surface area contributed by atoms with Gasteiger partial charge in [-0.2, -0.15) is 0 Å². The van der Waals surface area contributed by atoms with E-state index in [1.165, 1.54) is 0 Å². The fraction of sp³-hybridized carbons (Fsp3) is 1.00. The van der Waals surface area contributed by atoms with Crippen LogP contribution in [0.5, 0.6) is 0 Å². The van der Waals surface area contributed by atoms with E-state index in [0.717, 1.165) is 12.8 Å². The van der Waals surface area contributed by atoms with Gasteiger partial charge in [-0.05, 0) is 12.8 Å². The van der Waals surface area contributed by atoms with Crippen molar-refractivity contribution in [2.24, 2.45) is 5.14 Å². The summed E-state index contributed by atoms with van der Waals surface area (Å²) >= 11 is 0. The third kappa shape index (κ3) is 3.06. The van der Waals surface area contributed by atoms with Gasteiger partial charge in [0.05, 0.1) is 12.4 Å². The number of primary sulfonamides is 1. The number of aliphatic hydroxyl groups is 1. The minimum Gasteiger partial charge on any atom is -0.394 e. The quantitative estimate of drug-likeness (QED) is 0.491. The Bertz CT molecular complexity index is 246. The average molecular weight is 194 g/mol. The Balaban J connectivity index is 2.19. The predicted molar refractivity (Wildman–Crippen MR) is 45.0 cm³/mol. The van der Waals surface area contributed by atoms with Crippen LogP contribution in [0, 0.1) is 0 Å². The second kappa shape index (κ2) is 3.29. The Labute approximate surface area is 72.0 Å². The zero-order valence-electron chi connectivity index (χ0n) is 6.78. The zero-order chi connectivity index (χ0) is 9.24. The second-order valence-electron chi connectivity index (χ2n) is 3.23. The molecule has 0 spiro atoms. The molecule has 0 unspecified atom stereocenters. The summed E-state index contributed by atoms with van der Waals surface area (Å²) in [5.41, 5.74) is -0.204. The molecular weight excluding hydrogens is 180 g/mol. The maximum atomic E-state index is 10.5. The smallest absolute Gasteiger partial charge is 0.210 e. The highest BCUT2D eigenvalue weighted by molar-refractivity contribution is 7.89. The van der Waals surface area contributed by atoms with Crippen molar-refractivity contribution >= 4 is 10.0 Å². The second-order valence-corrected chi connectivity index (χ2v) is 4.97. The molecule has 1 aliphatic carbocycles. The van der Waals surface area contributed by atoms with E-state index in [4.69, 9.17) is 10.2 Å². The maximum absolute atomic E-state index is 10.5. The van der Waals surface area contributed by atoms with Crippen LogP contribution in [-0.4, -0.2) is 38.0 Å². The van der Waals surface area contributed by atoms with Crippen LogP contribution in [0.4, 0.5) is 0 Å². The molecule has 0 bridgehead atoms. The third-order valence-electron chi connectivity index (χ3n) is 2.04. The van der Waals surface area contributed by atoms with E-state index in [1.54, 1.807) is 0 Å². The first-order valence-electron chi connectivity index (χ1n) is 3.84. The van der Waals surface area contributed by atoms with Crippen molar-refractivity contribution in [3.8, 4) is 0 Å². The number of aliphatic hydroxyl groups excluding tert-OH is 1. The lowest BCUT2D eigenvalue weighted by molar-refractivity contribution is 0.233. The Morgan fingerprint density at radius 3 is 2.42 bits per heavy atom. The molecule has 0 heterocycles. The summed E-state index contributed by atoms with van der Waals surface area (Å²) in [6.45, 7) is 0.386.